The van der Waals surface area contributed by atoms with Crippen LogP contribution in [0.25, 0.3) is 11.4 Å². The molecule has 0 saturated heterocycles. The fourth-order valence-corrected chi connectivity index (χ4v) is 3.60. The Morgan fingerprint density at radius 2 is 1.73 bits per heavy atom. The summed E-state index contributed by atoms with van der Waals surface area (Å²) in [6.45, 7) is -1.78. The largest absolute Gasteiger partial charge is 0.416 e. The van der Waals surface area contributed by atoms with E-state index < -0.39 is 54.6 Å². The van der Waals surface area contributed by atoms with Gasteiger partial charge in [0.1, 0.15) is 6.54 Å². The molecule has 0 fully saturated rings. The molecule has 0 bridgehead atoms. The summed E-state index contributed by atoms with van der Waals surface area (Å²) in [6.07, 6.45) is -12.7. The van der Waals surface area contributed by atoms with Gasteiger partial charge >= 0.3 is 18.0 Å². The van der Waals surface area contributed by atoms with Crippen LogP contribution in [0, 0.1) is 0 Å². The Morgan fingerprint density at radius 1 is 1.08 bits per heavy atom. The molecule has 0 saturated carbocycles. The number of aromatic nitrogens is 3. The van der Waals surface area contributed by atoms with Gasteiger partial charge in [0.2, 0.25) is 0 Å². The molecule has 0 radical (unpaired) electrons. The number of aliphatic hydroxyl groups is 1. The van der Waals surface area contributed by atoms with Crippen LogP contribution >= 0.6 is 11.6 Å². The maximum atomic E-state index is 12.9. The molecule has 200 valence electrons. The Kier molecular flexibility index (Phi) is 8.50. The van der Waals surface area contributed by atoms with Gasteiger partial charge in [0.05, 0.1) is 12.1 Å². The molecule has 1 unspecified atom stereocenters. The van der Waals surface area contributed by atoms with Crippen molar-refractivity contribution in [3.8, 4) is 11.4 Å². The van der Waals surface area contributed by atoms with Crippen molar-refractivity contribution in [1.29, 1.82) is 0 Å². The number of nitrogens with two attached hydrogens (primary N) is 1. The molecular formula is C23H21ClF6N4O3. The molecule has 0 aliphatic carbocycles. The van der Waals surface area contributed by atoms with E-state index in [2.05, 4.69) is 5.10 Å². The number of aliphatic hydroxyl groups excluding tert-OH is 1. The van der Waals surface area contributed by atoms with Gasteiger partial charge < -0.3 is 10.8 Å². The lowest BCUT2D eigenvalue weighted by atomic mass is 9.99. The van der Waals surface area contributed by atoms with E-state index in [1.165, 1.54) is 36.4 Å². The second kappa shape index (κ2) is 11.1. The summed E-state index contributed by atoms with van der Waals surface area (Å²) >= 11 is 5.83. The highest BCUT2D eigenvalue weighted by Gasteiger charge is 2.39. The number of nitrogens with zero attached hydrogens (tertiary/aromatic N) is 3. The lowest BCUT2D eigenvalue weighted by molar-refractivity contribution is -0.207. The van der Waals surface area contributed by atoms with Gasteiger partial charge in [-0.15, -0.1) is 5.10 Å². The molecule has 2 aromatic carbocycles. The predicted molar refractivity (Wildman–Crippen MR) is 122 cm³/mol. The van der Waals surface area contributed by atoms with Crippen molar-refractivity contribution in [3.05, 3.63) is 75.2 Å². The van der Waals surface area contributed by atoms with Crippen LogP contribution in [0.5, 0.6) is 0 Å². The van der Waals surface area contributed by atoms with E-state index in [1.54, 1.807) is 0 Å². The van der Waals surface area contributed by atoms with Crippen LogP contribution < -0.4 is 11.4 Å². The number of benzene rings is 2. The molecule has 3 rings (SSSR count). The Balaban J connectivity index is 1.78. The first-order valence-electron chi connectivity index (χ1n) is 10.8. The molecule has 0 aliphatic rings. The monoisotopic (exact) mass is 550 g/mol. The highest BCUT2D eigenvalue weighted by molar-refractivity contribution is 6.30. The number of carbonyl (C=O) groups is 1. The SMILES string of the molecule is NC(CCC(=O)Cn1nc(-c2ccc(Cl)cc2)n(C[C@H](O)C(F)(F)F)c1=O)c1cccc(C(F)(F)F)c1. The van der Waals surface area contributed by atoms with Crippen molar-refractivity contribution < 1.29 is 36.2 Å². The summed E-state index contributed by atoms with van der Waals surface area (Å²) in [5, 5.41) is 13.8. The summed E-state index contributed by atoms with van der Waals surface area (Å²) in [5.41, 5.74) is 4.36. The molecule has 2 atom stereocenters. The van der Waals surface area contributed by atoms with Crippen molar-refractivity contribution in [2.45, 2.75) is 50.4 Å². The minimum atomic E-state index is -5.01. The first kappa shape index (κ1) is 28.4. The first-order chi connectivity index (χ1) is 17.2. The number of hydrogen-bond donors (Lipinski definition) is 2. The topological polar surface area (TPSA) is 103 Å². The number of carbonyl (C=O) groups excluding carboxylic acids is 1. The van der Waals surface area contributed by atoms with Gasteiger partial charge in [-0.3, -0.25) is 9.36 Å². The summed E-state index contributed by atoms with van der Waals surface area (Å²) in [7, 11) is 0. The van der Waals surface area contributed by atoms with E-state index in [9.17, 15) is 41.0 Å². The lowest BCUT2D eigenvalue weighted by Crippen LogP contribution is -2.37. The van der Waals surface area contributed by atoms with Gasteiger partial charge in [0.25, 0.3) is 0 Å². The van der Waals surface area contributed by atoms with E-state index in [-0.39, 0.29) is 29.8 Å². The Labute approximate surface area is 211 Å². The van der Waals surface area contributed by atoms with Crippen molar-refractivity contribution in [3.63, 3.8) is 0 Å². The molecule has 0 spiro atoms. The Hall–Kier alpha value is -3.16. The molecule has 14 heteroatoms. The van der Waals surface area contributed by atoms with Crippen molar-refractivity contribution in [2.75, 3.05) is 0 Å². The van der Waals surface area contributed by atoms with Gasteiger partial charge in [0, 0.05) is 23.0 Å². The minimum Gasteiger partial charge on any atom is -0.382 e. The standard InChI is InChI=1S/C23H21ClF6N4O3/c24-16-6-4-13(5-7-16)20-32-34(21(37)33(20)12-19(36)23(28,29)30)11-17(35)8-9-18(31)14-2-1-3-15(10-14)22(25,26)27/h1-7,10,18-19,36H,8-9,11-12,31H2/t18?,19-/m0/s1. The Bertz CT molecular complexity index is 1300. The molecule has 1 heterocycles. The highest BCUT2D eigenvalue weighted by atomic mass is 35.5. The summed E-state index contributed by atoms with van der Waals surface area (Å²) in [6, 6.07) is 9.09. The average molecular weight is 551 g/mol. The van der Waals surface area contributed by atoms with Crippen LogP contribution in [0.15, 0.2) is 53.3 Å². The van der Waals surface area contributed by atoms with Gasteiger partial charge in [-0.1, -0.05) is 23.7 Å². The number of rotatable bonds is 9. The number of Topliss-reactive ketones (excluding diaryl/α,β-unsaturated/α-hetero) is 1. The third kappa shape index (κ3) is 7.21. The first-order valence-corrected chi connectivity index (χ1v) is 11.2. The third-order valence-electron chi connectivity index (χ3n) is 5.46. The molecule has 3 N–H and O–H groups in total. The Morgan fingerprint density at radius 3 is 2.32 bits per heavy atom. The normalized spacial score (nSPS) is 14.0. The number of alkyl halides is 6. The van der Waals surface area contributed by atoms with Gasteiger partial charge in [-0.2, -0.15) is 26.3 Å². The summed E-state index contributed by atoms with van der Waals surface area (Å²) in [5.74, 6) is -0.799. The van der Waals surface area contributed by atoms with Crippen LogP contribution in [0.4, 0.5) is 26.3 Å². The molecule has 3 aromatic rings. The summed E-state index contributed by atoms with van der Waals surface area (Å²) in [4.78, 5) is 25.3. The van der Waals surface area contributed by atoms with Gasteiger partial charge in [0.15, 0.2) is 17.7 Å². The molecule has 0 amide bonds. The van der Waals surface area contributed by atoms with Crippen LogP contribution in [0.3, 0.4) is 0 Å². The van der Waals surface area contributed by atoms with Gasteiger partial charge in [-0.05, 0) is 48.4 Å². The summed E-state index contributed by atoms with van der Waals surface area (Å²) < 4.78 is 78.9. The highest BCUT2D eigenvalue weighted by Crippen LogP contribution is 2.31. The quantitative estimate of drug-likeness (QED) is 0.386. The fraction of sp³-hybridized carbons (Fsp3) is 0.348. The number of hydrogen-bond acceptors (Lipinski definition) is 5. The van der Waals surface area contributed by atoms with Crippen molar-refractivity contribution in [1.82, 2.24) is 14.3 Å². The van der Waals surface area contributed by atoms with Crippen LogP contribution in [-0.4, -0.2) is 37.5 Å². The zero-order valence-electron chi connectivity index (χ0n) is 18.9. The van der Waals surface area contributed by atoms with E-state index in [1.807, 2.05) is 0 Å². The lowest BCUT2D eigenvalue weighted by Gasteiger charge is -2.15. The zero-order valence-corrected chi connectivity index (χ0v) is 19.7. The molecule has 7 nitrogen and oxygen atoms in total. The average Bonchev–Trinajstić information content (AvgIpc) is 3.11. The van der Waals surface area contributed by atoms with E-state index in [4.69, 9.17) is 17.3 Å². The zero-order chi connectivity index (χ0) is 27.5. The fourth-order valence-electron chi connectivity index (χ4n) is 3.47. The van der Waals surface area contributed by atoms with E-state index in [0.29, 0.717) is 14.3 Å². The predicted octanol–water partition coefficient (Wildman–Crippen LogP) is 4.36. The minimum absolute atomic E-state index is 0.0492. The van der Waals surface area contributed by atoms with E-state index in [0.717, 1.165) is 12.1 Å². The number of halogens is 7. The van der Waals surface area contributed by atoms with Crippen molar-refractivity contribution >= 4 is 17.4 Å². The smallest absolute Gasteiger partial charge is 0.382 e. The maximum absolute atomic E-state index is 12.9. The van der Waals surface area contributed by atoms with Crippen molar-refractivity contribution in [2.24, 2.45) is 5.73 Å². The second-order valence-corrected chi connectivity index (χ2v) is 8.68. The van der Waals surface area contributed by atoms with Gasteiger partial charge in [-0.25, -0.2) is 9.48 Å². The van der Waals surface area contributed by atoms with Crippen LogP contribution in [0.2, 0.25) is 5.02 Å². The van der Waals surface area contributed by atoms with Crippen LogP contribution in [0.1, 0.15) is 30.0 Å². The molecular weight excluding hydrogens is 530 g/mol. The number of ketones is 1. The van der Waals surface area contributed by atoms with Crippen LogP contribution in [-0.2, 0) is 24.1 Å². The third-order valence-corrected chi connectivity index (χ3v) is 5.71. The second-order valence-electron chi connectivity index (χ2n) is 8.25. The van der Waals surface area contributed by atoms with E-state index >= 15 is 0 Å². The molecule has 0 aliphatic heterocycles. The molecule has 1 aromatic heterocycles. The molecule has 37 heavy (non-hydrogen) atoms. The maximum Gasteiger partial charge on any atom is 0.416 e.